The van der Waals surface area contributed by atoms with Gasteiger partial charge in [0.15, 0.2) is 11.5 Å². The molecule has 0 saturated heterocycles. The molecule has 1 aromatic heterocycles. The van der Waals surface area contributed by atoms with Crippen LogP contribution in [0.1, 0.15) is 30.0 Å². The Morgan fingerprint density at radius 2 is 2.04 bits per heavy atom. The van der Waals surface area contributed by atoms with Gasteiger partial charge < -0.3 is 18.6 Å². The van der Waals surface area contributed by atoms with E-state index >= 15 is 0 Å². The molecule has 0 radical (unpaired) electrons. The first-order valence-electron chi connectivity index (χ1n) is 6.67. The number of benzene rings is 1. The van der Waals surface area contributed by atoms with E-state index in [2.05, 4.69) is 15.9 Å². The highest BCUT2D eigenvalue weighted by Gasteiger charge is 2.28. The first-order valence-corrected chi connectivity index (χ1v) is 8.17. The summed E-state index contributed by atoms with van der Waals surface area (Å²) in [5, 5.41) is 0.755. The largest absolute Gasteiger partial charge is 0.491 e. The first kappa shape index (κ1) is 17.6. The normalized spacial score (nSPS) is 10.7. The van der Waals surface area contributed by atoms with Crippen LogP contribution in [0.5, 0.6) is 11.5 Å². The Balaban J connectivity index is 2.87. The second kappa shape index (κ2) is 7.23. The number of esters is 2. The molecule has 0 N–H and O–H groups in total. The third-order valence-corrected chi connectivity index (χ3v) is 3.76. The minimum Gasteiger partial charge on any atom is -0.491 e. The maximum absolute atomic E-state index is 12.3. The average Bonchev–Trinajstić information content (AvgIpc) is 2.85. The lowest BCUT2D eigenvalue weighted by Gasteiger charge is -2.11. The quantitative estimate of drug-likeness (QED) is 0.424. The maximum Gasteiger partial charge on any atom is 0.342 e. The summed E-state index contributed by atoms with van der Waals surface area (Å²) in [6, 6.07) is 1.50. The minimum atomic E-state index is -0.585. The van der Waals surface area contributed by atoms with Gasteiger partial charge in [-0.1, -0.05) is 27.5 Å². The molecule has 0 fully saturated rings. The summed E-state index contributed by atoms with van der Waals surface area (Å²) >= 11 is 9.40. The van der Waals surface area contributed by atoms with Crippen LogP contribution >= 0.6 is 27.5 Å². The lowest BCUT2D eigenvalue weighted by atomic mass is 10.1. The number of carbonyl (C=O) groups is 2. The van der Waals surface area contributed by atoms with E-state index in [1.165, 1.54) is 20.1 Å². The zero-order chi connectivity index (χ0) is 17.1. The third-order valence-electron chi connectivity index (χ3n) is 2.97. The molecule has 1 heterocycles. The summed E-state index contributed by atoms with van der Waals surface area (Å²) in [4.78, 5) is 23.7. The van der Waals surface area contributed by atoms with Crippen LogP contribution in [0.3, 0.4) is 0 Å². The second-order valence-corrected chi connectivity index (χ2v) is 5.41. The van der Waals surface area contributed by atoms with E-state index in [0.717, 1.165) is 0 Å². The Morgan fingerprint density at radius 1 is 1.35 bits per heavy atom. The number of methoxy groups -OCH3 is 1. The van der Waals surface area contributed by atoms with Gasteiger partial charge >= 0.3 is 11.9 Å². The van der Waals surface area contributed by atoms with Crippen molar-refractivity contribution in [2.24, 2.45) is 0 Å². The molecule has 0 aliphatic carbocycles. The van der Waals surface area contributed by atoms with Crippen LogP contribution in [0, 0.1) is 0 Å². The summed E-state index contributed by atoms with van der Waals surface area (Å²) < 4.78 is 21.1. The highest BCUT2D eigenvalue weighted by atomic mass is 79.9. The molecule has 124 valence electrons. The maximum atomic E-state index is 12.3. The van der Waals surface area contributed by atoms with Crippen molar-refractivity contribution in [2.75, 3.05) is 13.7 Å². The molecule has 23 heavy (non-hydrogen) atoms. The lowest BCUT2D eigenvalue weighted by Crippen LogP contribution is -2.08. The summed E-state index contributed by atoms with van der Waals surface area (Å²) in [6.45, 7) is 3.13. The number of fused-ring (bicyclic) bond motifs is 1. The lowest BCUT2D eigenvalue weighted by molar-refractivity contribution is -0.131. The summed E-state index contributed by atoms with van der Waals surface area (Å²) in [7, 11) is 1.38. The molecular weight excluding hydrogens is 392 g/mol. The van der Waals surface area contributed by atoms with Crippen LogP contribution in [0.15, 0.2) is 10.5 Å². The molecule has 0 unspecified atom stereocenters. The SMILES string of the molecule is CCOC(=O)c1c(CBr)oc2cc(Cl)c(OC)c(OC(C)=O)c12. The van der Waals surface area contributed by atoms with E-state index in [1.54, 1.807) is 6.92 Å². The highest BCUT2D eigenvalue weighted by molar-refractivity contribution is 9.08. The molecule has 0 aliphatic heterocycles. The highest BCUT2D eigenvalue weighted by Crippen LogP contribution is 2.45. The number of halogens is 2. The first-order chi connectivity index (χ1) is 10.9. The van der Waals surface area contributed by atoms with Crippen molar-refractivity contribution in [3.63, 3.8) is 0 Å². The van der Waals surface area contributed by atoms with E-state index in [4.69, 9.17) is 30.2 Å². The number of hydrogen-bond acceptors (Lipinski definition) is 6. The van der Waals surface area contributed by atoms with Gasteiger partial charge in [0, 0.05) is 13.0 Å². The van der Waals surface area contributed by atoms with E-state index < -0.39 is 11.9 Å². The molecular formula is C15H14BrClO6. The van der Waals surface area contributed by atoms with E-state index in [0.29, 0.717) is 11.3 Å². The van der Waals surface area contributed by atoms with Gasteiger partial charge in [-0.3, -0.25) is 4.79 Å². The van der Waals surface area contributed by atoms with Gasteiger partial charge in [0.1, 0.15) is 16.9 Å². The molecule has 8 heteroatoms. The molecule has 0 atom stereocenters. The smallest absolute Gasteiger partial charge is 0.342 e. The number of ether oxygens (including phenoxy) is 3. The van der Waals surface area contributed by atoms with Crippen LogP contribution in [-0.2, 0) is 14.9 Å². The van der Waals surface area contributed by atoms with Gasteiger partial charge in [-0.15, -0.1) is 0 Å². The average molecular weight is 406 g/mol. The van der Waals surface area contributed by atoms with E-state index in [1.807, 2.05) is 0 Å². The van der Waals surface area contributed by atoms with Crippen molar-refractivity contribution < 1.29 is 28.2 Å². The van der Waals surface area contributed by atoms with Crippen LogP contribution < -0.4 is 9.47 Å². The van der Waals surface area contributed by atoms with Crippen molar-refractivity contribution in [1.82, 2.24) is 0 Å². The Morgan fingerprint density at radius 3 is 2.57 bits per heavy atom. The van der Waals surface area contributed by atoms with Crippen molar-refractivity contribution in [2.45, 2.75) is 19.2 Å². The van der Waals surface area contributed by atoms with Crippen molar-refractivity contribution in [1.29, 1.82) is 0 Å². The monoisotopic (exact) mass is 404 g/mol. The molecule has 0 amide bonds. The zero-order valence-electron chi connectivity index (χ0n) is 12.7. The topological polar surface area (TPSA) is 75.0 Å². The summed E-state index contributed by atoms with van der Waals surface area (Å²) in [6.07, 6.45) is 0. The standard InChI is InChI=1S/C15H14BrClO6/c1-4-21-15(19)12-10(6-16)23-9-5-8(17)13(20-3)14(11(9)12)22-7(2)18/h5H,4,6H2,1-3H3. The second-order valence-electron chi connectivity index (χ2n) is 4.44. The molecule has 0 aliphatic rings. The fraction of sp³-hybridized carbons (Fsp3) is 0.333. The van der Waals surface area contributed by atoms with Gasteiger partial charge in [-0.05, 0) is 6.92 Å². The van der Waals surface area contributed by atoms with Crippen molar-refractivity contribution in [3.05, 3.63) is 22.4 Å². The molecule has 0 bridgehead atoms. The van der Waals surface area contributed by atoms with Gasteiger partial charge in [0.05, 0.1) is 29.5 Å². The van der Waals surface area contributed by atoms with Crippen LogP contribution in [0.2, 0.25) is 5.02 Å². The Hall–Kier alpha value is -1.73. The number of hydrogen-bond donors (Lipinski definition) is 0. The molecule has 6 nitrogen and oxygen atoms in total. The zero-order valence-corrected chi connectivity index (χ0v) is 15.0. The summed E-state index contributed by atoms with van der Waals surface area (Å²) in [5.74, 6) is -0.652. The predicted molar refractivity (Wildman–Crippen MR) is 87.7 cm³/mol. The Kier molecular flexibility index (Phi) is 5.54. The fourth-order valence-corrected chi connectivity index (χ4v) is 2.83. The Bertz CT molecular complexity index is 767. The number of furan rings is 1. The van der Waals surface area contributed by atoms with Crippen molar-refractivity contribution in [3.8, 4) is 11.5 Å². The van der Waals surface area contributed by atoms with Crippen LogP contribution in [0.25, 0.3) is 11.0 Å². The predicted octanol–water partition coefficient (Wildman–Crippen LogP) is 4.09. The van der Waals surface area contributed by atoms with Gasteiger partial charge in [-0.2, -0.15) is 0 Å². The number of alkyl halides is 1. The fourth-order valence-electron chi connectivity index (χ4n) is 2.17. The van der Waals surface area contributed by atoms with E-state index in [9.17, 15) is 9.59 Å². The van der Waals surface area contributed by atoms with Gasteiger partial charge in [0.25, 0.3) is 0 Å². The van der Waals surface area contributed by atoms with E-state index in [-0.39, 0.29) is 39.4 Å². The van der Waals surface area contributed by atoms with Crippen molar-refractivity contribution >= 4 is 50.4 Å². The van der Waals surface area contributed by atoms with Gasteiger partial charge in [-0.25, -0.2) is 4.79 Å². The molecule has 2 aromatic rings. The minimum absolute atomic E-state index is 0.0292. The molecule has 1 aromatic carbocycles. The third kappa shape index (κ3) is 3.30. The number of carbonyl (C=O) groups excluding carboxylic acids is 2. The molecule has 2 rings (SSSR count). The number of rotatable bonds is 5. The van der Waals surface area contributed by atoms with Crippen LogP contribution in [0.4, 0.5) is 0 Å². The Labute approximate surface area is 145 Å². The van der Waals surface area contributed by atoms with Gasteiger partial charge in [0.2, 0.25) is 0 Å². The van der Waals surface area contributed by atoms with Crippen LogP contribution in [-0.4, -0.2) is 25.7 Å². The molecule has 0 spiro atoms. The molecule has 0 saturated carbocycles. The summed E-state index contributed by atoms with van der Waals surface area (Å²) in [5.41, 5.74) is 0.467.